The van der Waals surface area contributed by atoms with Crippen LogP contribution in [0.15, 0.2) is 30.3 Å². The third-order valence-electron chi connectivity index (χ3n) is 4.94. The molecule has 0 spiro atoms. The molecule has 0 unspecified atom stereocenters. The first-order valence-electron chi connectivity index (χ1n) is 9.45. The Morgan fingerprint density at radius 1 is 1.31 bits per heavy atom. The molecule has 1 fully saturated rings. The summed E-state index contributed by atoms with van der Waals surface area (Å²) in [6, 6.07) is 9.12. The molecule has 1 aliphatic rings. The molecule has 144 valence electrons. The Hall–Kier alpha value is -2.08. The molecular weight excluding hydrogens is 330 g/mol. The largest absolute Gasteiger partial charge is 0.445 e. The van der Waals surface area contributed by atoms with Crippen LogP contribution in [0, 0.1) is 5.92 Å². The molecule has 26 heavy (non-hydrogen) atoms. The number of nitrogens with two attached hydrogens (primary N) is 1. The molecular formula is C20H31N3O3. The van der Waals surface area contributed by atoms with Crippen LogP contribution in [0.4, 0.5) is 4.79 Å². The molecule has 2 N–H and O–H groups in total. The number of benzene rings is 1. The SMILES string of the molecule is CCN(C[C@@H]1CCCN1C(=O)OCc1ccccc1)C(=O)[C@@H](N)C(C)C. The van der Waals surface area contributed by atoms with Crippen LogP contribution in [-0.2, 0) is 16.1 Å². The van der Waals surface area contributed by atoms with Gasteiger partial charge in [0.15, 0.2) is 0 Å². The molecule has 2 rings (SSSR count). The number of ether oxygens (including phenoxy) is 1. The highest BCUT2D eigenvalue weighted by molar-refractivity contribution is 5.82. The summed E-state index contributed by atoms with van der Waals surface area (Å²) in [5.74, 6) is 0.0408. The molecule has 6 nitrogen and oxygen atoms in total. The number of hydrogen-bond donors (Lipinski definition) is 1. The quantitative estimate of drug-likeness (QED) is 0.810. The Bertz CT molecular complexity index is 591. The maximum atomic E-state index is 12.6. The minimum absolute atomic E-state index is 0.0125. The van der Waals surface area contributed by atoms with Gasteiger partial charge in [-0.15, -0.1) is 0 Å². The zero-order valence-electron chi connectivity index (χ0n) is 16.1. The van der Waals surface area contributed by atoms with Gasteiger partial charge >= 0.3 is 6.09 Å². The molecule has 1 heterocycles. The first-order chi connectivity index (χ1) is 12.4. The molecule has 0 aliphatic carbocycles. The fourth-order valence-corrected chi connectivity index (χ4v) is 3.19. The fraction of sp³-hybridized carbons (Fsp3) is 0.600. The Morgan fingerprint density at radius 3 is 2.62 bits per heavy atom. The number of carbonyl (C=O) groups is 2. The lowest BCUT2D eigenvalue weighted by Gasteiger charge is -2.32. The van der Waals surface area contributed by atoms with E-state index in [1.165, 1.54) is 0 Å². The third-order valence-corrected chi connectivity index (χ3v) is 4.94. The van der Waals surface area contributed by atoms with E-state index in [-0.39, 0.29) is 30.6 Å². The van der Waals surface area contributed by atoms with E-state index in [2.05, 4.69) is 0 Å². The van der Waals surface area contributed by atoms with E-state index in [9.17, 15) is 9.59 Å². The number of nitrogens with zero attached hydrogens (tertiary/aromatic N) is 2. The highest BCUT2D eigenvalue weighted by atomic mass is 16.6. The van der Waals surface area contributed by atoms with Gasteiger partial charge in [0.05, 0.1) is 12.1 Å². The van der Waals surface area contributed by atoms with Crippen LogP contribution in [0.3, 0.4) is 0 Å². The molecule has 2 amide bonds. The van der Waals surface area contributed by atoms with E-state index >= 15 is 0 Å². The number of carbonyl (C=O) groups excluding carboxylic acids is 2. The number of hydrogen-bond acceptors (Lipinski definition) is 4. The van der Waals surface area contributed by atoms with Crippen molar-refractivity contribution in [1.82, 2.24) is 9.80 Å². The molecule has 1 aromatic carbocycles. The summed E-state index contributed by atoms with van der Waals surface area (Å²) in [6.45, 7) is 7.85. The lowest BCUT2D eigenvalue weighted by Crippen LogP contribution is -2.51. The predicted octanol–water partition coefficient (Wildman–Crippen LogP) is 2.62. The van der Waals surface area contributed by atoms with Gasteiger partial charge in [0.1, 0.15) is 6.61 Å². The van der Waals surface area contributed by atoms with E-state index in [1.807, 2.05) is 51.1 Å². The van der Waals surface area contributed by atoms with E-state index in [4.69, 9.17) is 10.5 Å². The average Bonchev–Trinajstić information content (AvgIpc) is 3.12. The van der Waals surface area contributed by atoms with Crippen LogP contribution in [0.5, 0.6) is 0 Å². The standard InChI is InChI=1S/C20H31N3O3/c1-4-22(19(24)18(21)15(2)3)13-17-11-8-12-23(17)20(25)26-14-16-9-6-5-7-10-16/h5-7,9-10,15,17-18H,4,8,11-14,21H2,1-3H3/t17-,18-/m0/s1. The van der Waals surface area contributed by atoms with Gasteiger partial charge in [-0.3, -0.25) is 4.79 Å². The number of likely N-dealkylation sites (N-methyl/N-ethyl adjacent to an activating group) is 1. The summed E-state index contributed by atoms with van der Waals surface area (Å²) in [4.78, 5) is 28.6. The molecule has 0 aromatic heterocycles. The molecule has 0 saturated carbocycles. The van der Waals surface area contributed by atoms with Crippen molar-refractivity contribution in [3.8, 4) is 0 Å². The lowest BCUT2D eigenvalue weighted by molar-refractivity contribution is -0.134. The van der Waals surface area contributed by atoms with Crippen molar-refractivity contribution in [2.45, 2.75) is 52.3 Å². The minimum atomic E-state index is -0.505. The number of likely N-dealkylation sites (tertiary alicyclic amines) is 1. The number of rotatable bonds is 7. The summed E-state index contributed by atoms with van der Waals surface area (Å²) < 4.78 is 5.46. The van der Waals surface area contributed by atoms with Gasteiger partial charge in [-0.1, -0.05) is 44.2 Å². The van der Waals surface area contributed by atoms with Crippen molar-refractivity contribution in [2.24, 2.45) is 11.7 Å². The minimum Gasteiger partial charge on any atom is -0.445 e. The van der Waals surface area contributed by atoms with Crippen LogP contribution in [0.2, 0.25) is 0 Å². The molecule has 0 radical (unpaired) electrons. The molecule has 0 bridgehead atoms. The van der Waals surface area contributed by atoms with Gasteiger partial charge in [-0.2, -0.15) is 0 Å². The normalized spacial score (nSPS) is 18.0. The first kappa shape index (κ1) is 20.2. The predicted molar refractivity (Wildman–Crippen MR) is 101 cm³/mol. The van der Waals surface area contributed by atoms with Crippen LogP contribution in [0.25, 0.3) is 0 Å². The van der Waals surface area contributed by atoms with Crippen LogP contribution >= 0.6 is 0 Å². The van der Waals surface area contributed by atoms with Gasteiger partial charge in [0.25, 0.3) is 0 Å². The molecule has 1 aromatic rings. The first-order valence-corrected chi connectivity index (χ1v) is 9.45. The second kappa shape index (κ2) is 9.57. The van der Waals surface area contributed by atoms with E-state index in [1.54, 1.807) is 9.80 Å². The lowest BCUT2D eigenvalue weighted by atomic mass is 10.0. The molecule has 1 saturated heterocycles. The number of amides is 2. The Balaban J connectivity index is 1.93. The van der Waals surface area contributed by atoms with Crippen molar-refractivity contribution in [1.29, 1.82) is 0 Å². The van der Waals surface area contributed by atoms with E-state index in [0.29, 0.717) is 19.6 Å². The van der Waals surface area contributed by atoms with Crippen molar-refractivity contribution in [3.63, 3.8) is 0 Å². The summed E-state index contributed by atoms with van der Waals surface area (Å²) in [7, 11) is 0. The van der Waals surface area contributed by atoms with Gasteiger partial charge in [-0.25, -0.2) is 4.79 Å². The third kappa shape index (κ3) is 5.21. The monoisotopic (exact) mass is 361 g/mol. The van der Waals surface area contributed by atoms with Gasteiger partial charge in [-0.05, 0) is 31.2 Å². The van der Waals surface area contributed by atoms with Crippen LogP contribution in [0.1, 0.15) is 39.2 Å². The zero-order valence-corrected chi connectivity index (χ0v) is 16.1. The molecule has 2 atom stereocenters. The van der Waals surface area contributed by atoms with Gasteiger partial charge in [0, 0.05) is 19.6 Å². The van der Waals surface area contributed by atoms with Crippen molar-refractivity contribution in [2.75, 3.05) is 19.6 Å². The summed E-state index contributed by atoms with van der Waals surface area (Å²) in [6.07, 6.45) is 1.49. The maximum absolute atomic E-state index is 12.6. The second-order valence-corrected chi connectivity index (χ2v) is 7.18. The van der Waals surface area contributed by atoms with Crippen molar-refractivity contribution >= 4 is 12.0 Å². The topological polar surface area (TPSA) is 75.9 Å². The van der Waals surface area contributed by atoms with Gasteiger partial charge < -0.3 is 20.3 Å². The van der Waals surface area contributed by atoms with E-state index < -0.39 is 6.04 Å². The Labute approximate surface area is 156 Å². The Kier molecular flexibility index (Phi) is 7.45. The van der Waals surface area contributed by atoms with Gasteiger partial charge in [0.2, 0.25) is 5.91 Å². The maximum Gasteiger partial charge on any atom is 0.410 e. The summed E-state index contributed by atoms with van der Waals surface area (Å²) >= 11 is 0. The molecule has 6 heteroatoms. The second-order valence-electron chi connectivity index (χ2n) is 7.18. The summed E-state index contributed by atoms with van der Waals surface area (Å²) in [5.41, 5.74) is 6.98. The average molecular weight is 361 g/mol. The fourth-order valence-electron chi connectivity index (χ4n) is 3.19. The zero-order chi connectivity index (χ0) is 19.1. The smallest absolute Gasteiger partial charge is 0.410 e. The van der Waals surface area contributed by atoms with Crippen LogP contribution in [-0.4, -0.2) is 53.5 Å². The van der Waals surface area contributed by atoms with Crippen molar-refractivity contribution < 1.29 is 14.3 Å². The van der Waals surface area contributed by atoms with E-state index in [0.717, 1.165) is 18.4 Å². The van der Waals surface area contributed by atoms with Crippen molar-refractivity contribution in [3.05, 3.63) is 35.9 Å². The Morgan fingerprint density at radius 2 is 2.00 bits per heavy atom. The highest BCUT2D eigenvalue weighted by Gasteiger charge is 2.33. The molecule has 1 aliphatic heterocycles. The van der Waals surface area contributed by atoms with Crippen LogP contribution < -0.4 is 5.73 Å². The highest BCUT2D eigenvalue weighted by Crippen LogP contribution is 2.20. The summed E-state index contributed by atoms with van der Waals surface area (Å²) in [5, 5.41) is 0.